The van der Waals surface area contributed by atoms with Crippen molar-refractivity contribution in [3.63, 3.8) is 0 Å². The van der Waals surface area contributed by atoms with Gasteiger partial charge in [0, 0.05) is 0 Å². The number of rotatable bonds is 6. The molecule has 4 nitrogen and oxygen atoms in total. The van der Waals surface area contributed by atoms with E-state index in [4.69, 9.17) is 21.7 Å². The van der Waals surface area contributed by atoms with Gasteiger partial charge in [-0.2, -0.15) is 0 Å². The summed E-state index contributed by atoms with van der Waals surface area (Å²) in [5.74, 6) is 1.25. The van der Waals surface area contributed by atoms with E-state index >= 15 is 0 Å². The van der Waals surface area contributed by atoms with Crippen LogP contribution < -0.4 is 14.4 Å². The highest BCUT2D eigenvalue weighted by atomic mass is 32.2. The van der Waals surface area contributed by atoms with Gasteiger partial charge in [-0.05, 0) is 49.8 Å². The molecule has 6 heteroatoms. The van der Waals surface area contributed by atoms with Gasteiger partial charge in [-0.1, -0.05) is 48.2 Å². The second-order valence-corrected chi connectivity index (χ2v) is 7.10. The van der Waals surface area contributed by atoms with Crippen molar-refractivity contribution < 1.29 is 14.3 Å². The number of nitrogens with zero attached hydrogens (tertiary/aromatic N) is 1. The van der Waals surface area contributed by atoms with Crippen LogP contribution in [-0.2, 0) is 4.79 Å². The van der Waals surface area contributed by atoms with Gasteiger partial charge >= 0.3 is 0 Å². The summed E-state index contributed by atoms with van der Waals surface area (Å²) in [5, 5.41) is 0. The standard InChI is InChI=1S/C20H19NO3S2/c1-3-23-16-11-10-14(12-17(16)24-4-2)13-18-19(22)21(20(25)26-18)15-8-6-5-7-9-15/h5-13H,3-4H2,1-2H3/b18-13+. The Morgan fingerprint density at radius 2 is 1.73 bits per heavy atom. The van der Waals surface area contributed by atoms with Crippen molar-refractivity contribution in [2.45, 2.75) is 13.8 Å². The first-order valence-corrected chi connectivity index (χ1v) is 9.59. The van der Waals surface area contributed by atoms with Gasteiger partial charge in [0.05, 0.1) is 23.8 Å². The quantitative estimate of drug-likeness (QED) is 0.523. The molecular weight excluding hydrogens is 366 g/mol. The molecule has 0 bridgehead atoms. The lowest BCUT2D eigenvalue weighted by Gasteiger charge is -2.14. The number of para-hydroxylation sites is 1. The van der Waals surface area contributed by atoms with E-state index in [1.165, 1.54) is 11.8 Å². The average Bonchev–Trinajstić information content (AvgIpc) is 2.92. The smallest absolute Gasteiger partial charge is 0.270 e. The van der Waals surface area contributed by atoms with Crippen LogP contribution in [0.2, 0.25) is 0 Å². The second-order valence-electron chi connectivity index (χ2n) is 5.42. The molecule has 0 radical (unpaired) electrons. The minimum absolute atomic E-state index is 0.113. The third-order valence-corrected chi connectivity index (χ3v) is 4.98. The zero-order chi connectivity index (χ0) is 18.5. The number of carbonyl (C=O) groups excluding carboxylic acids is 1. The number of anilines is 1. The fraction of sp³-hybridized carbons (Fsp3) is 0.200. The zero-order valence-electron chi connectivity index (χ0n) is 14.6. The van der Waals surface area contributed by atoms with Crippen LogP contribution in [0.1, 0.15) is 19.4 Å². The number of carbonyl (C=O) groups is 1. The van der Waals surface area contributed by atoms with Crippen LogP contribution in [0.25, 0.3) is 6.08 Å². The normalized spacial score (nSPS) is 15.6. The van der Waals surface area contributed by atoms with Crippen molar-refractivity contribution in [1.29, 1.82) is 0 Å². The predicted molar refractivity (Wildman–Crippen MR) is 111 cm³/mol. The van der Waals surface area contributed by atoms with Crippen molar-refractivity contribution in [2.24, 2.45) is 0 Å². The van der Waals surface area contributed by atoms with Crippen LogP contribution in [0, 0.1) is 0 Å². The largest absolute Gasteiger partial charge is 0.490 e. The molecule has 2 aromatic carbocycles. The van der Waals surface area contributed by atoms with Crippen LogP contribution in [0.15, 0.2) is 53.4 Å². The maximum Gasteiger partial charge on any atom is 0.270 e. The van der Waals surface area contributed by atoms with Crippen molar-refractivity contribution in [3.8, 4) is 11.5 Å². The number of amides is 1. The Balaban J connectivity index is 1.89. The van der Waals surface area contributed by atoms with Gasteiger partial charge in [-0.15, -0.1) is 0 Å². The highest BCUT2D eigenvalue weighted by Crippen LogP contribution is 2.37. The van der Waals surface area contributed by atoms with Crippen LogP contribution in [0.3, 0.4) is 0 Å². The van der Waals surface area contributed by atoms with E-state index in [0.717, 1.165) is 11.3 Å². The molecule has 0 atom stereocenters. The van der Waals surface area contributed by atoms with E-state index in [0.29, 0.717) is 33.9 Å². The Labute approximate surface area is 162 Å². The number of hydrogen-bond donors (Lipinski definition) is 0. The van der Waals surface area contributed by atoms with Gasteiger partial charge in [0.1, 0.15) is 0 Å². The fourth-order valence-corrected chi connectivity index (χ4v) is 3.88. The lowest BCUT2D eigenvalue weighted by Crippen LogP contribution is -2.27. The van der Waals surface area contributed by atoms with Crippen LogP contribution in [0.5, 0.6) is 11.5 Å². The number of ether oxygens (including phenoxy) is 2. The lowest BCUT2D eigenvalue weighted by molar-refractivity contribution is -0.113. The lowest BCUT2D eigenvalue weighted by atomic mass is 10.1. The summed E-state index contributed by atoms with van der Waals surface area (Å²) in [4.78, 5) is 14.9. The van der Waals surface area contributed by atoms with E-state index in [1.54, 1.807) is 4.90 Å². The minimum atomic E-state index is -0.113. The zero-order valence-corrected chi connectivity index (χ0v) is 16.2. The van der Waals surface area contributed by atoms with Crippen LogP contribution >= 0.6 is 24.0 Å². The number of thioether (sulfide) groups is 1. The summed E-state index contributed by atoms with van der Waals surface area (Å²) in [6.45, 7) is 4.96. The summed E-state index contributed by atoms with van der Waals surface area (Å²) in [5.41, 5.74) is 1.64. The van der Waals surface area contributed by atoms with Gasteiger partial charge in [0.25, 0.3) is 5.91 Å². The first-order chi connectivity index (χ1) is 12.6. The maximum atomic E-state index is 12.8. The summed E-state index contributed by atoms with van der Waals surface area (Å²) in [7, 11) is 0. The molecule has 0 N–H and O–H groups in total. The molecule has 1 heterocycles. The summed E-state index contributed by atoms with van der Waals surface area (Å²) in [6, 6.07) is 15.1. The van der Waals surface area contributed by atoms with Gasteiger partial charge in [-0.3, -0.25) is 9.69 Å². The summed E-state index contributed by atoms with van der Waals surface area (Å²) < 4.78 is 11.8. The van der Waals surface area contributed by atoms with E-state index in [-0.39, 0.29) is 5.91 Å². The molecule has 1 aliphatic rings. The molecule has 3 rings (SSSR count). The highest BCUT2D eigenvalue weighted by Gasteiger charge is 2.33. The van der Waals surface area contributed by atoms with E-state index < -0.39 is 0 Å². The van der Waals surface area contributed by atoms with Gasteiger partial charge < -0.3 is 9.47 Å². The van der Waals surface area contributed by atoms with E-state index in [2.05, 4.69) is 0 Å². The SMILES string of the molecule is CCOc1ccc(/C=C2/SC(=S)N(c3ccccc3)C2=O)cc1OCC. The highest BCUT2D eigenvalue weighted by molar-refractivity contribution is 8.27. The third kappa shape index (κ3) is 3.92. The molecule has 0 unspecified atom stereocenters. The monoisotopic (exact) mass is 385 g/mol. The maximum absolute atomic E-state index is 12.8. The van der Waals surface area contributed by atoms with Gasteiger partial charge in [-0.25, -0.2) is 0 Å². The molecule has 1 amide bonds. The molecule has 1 saturated heterocycles. The first-order valence-electron chi connectivity index (χ1n) is 8.36. The Morgan fingerprint density at radius 3 is 2.42 bits per heavy atom. The molecule has 134 valence electrons. The molecule has 0 saturated carbocycles. The Hall–Kier alpha value is -2.31. The van der Waals surface area contributed by atoms with Gasteiger partial charge in [0.15, 0.2) is 15.8 Å². The predicted octanol–water partition coefficient (Wildman–Crippen LogP) is 4.89. The molecule has 0 spiro atoms. The molecule has 2 aromatic rings. The molecule has 1 fully saturated rings. The molecular formula is C20H19NO3S2. The molecule has 26 heavy (non-hydrogen) atoms. The van der Waals surface area contributed by atoms with Crippen molar-refractivity contribution >= 4 is 46.0 Å². The van der Waals surface area contributed by atoms with E-state index in [9.17, 15) is 4.79 Å². The number of hydrogen-bond acceptors (Lipinski definition) is 5. The minimum Gasteiger partial charge on any atom is -0.490 e. The summed E-state index contributed by atoms with van der Waals surface area (Å²) >= 11 is 6.70. The third-order valence-electron chi connectivity index (χ3n) is 3.67. The average molecular weight is 386 g/mol. The Bertz CT molecular complexity index is 849. The summed E-state index contributed by atoms with van der Waals surface area (Å²) in [6.07, 6.45) is 1.83. The molecule has 0 aliphatic carbocycles. The van der Waals surface area contributed by atoms with Crippen LogP contribution in [-0.4, -0.2) is 23.4 Å². The Morgan fingerprint density at radius 1 is 1.04 bits per heavy atom. The van der Waals surface area contributed by atoms with Crippen molar-refractivity contribution in [1.82, 2.24) is 0 Å². The molecule has 0 aromatic heterocycles. The van der Waals surface area contributed by atoms with E-state index in [1.807, 2.05) is 68.5 Å². The van der Waals surface area contributed by atoms with Crippen molar-refractivity contribution in [2.75, 3.05) is 18.1 Å². The number of thiocarbonyl (C=S) groups is 1. The fourth-order valence-electron chi connectivity index (χ4n) is 2.58. The Kier molecular flexibility index (Phi) is 5.96. The van der Waals surface area contributed by atoms with Gasteiger partial charge in [0.2, 0.25) is 0 Å². The van der Waals surface area contributed by atoms with Crippen LogP contribution in [0.4, 0.5) is 5.69 Å². The number of benzene rings is 2. The second kappa shape index (κ2) is 8.38. The van der Waals surface area contributed by atoms with Crippen molar-refractivity contribution in [3.05, 3.63) is 59.0 Å². The molecule has 1 aliphatic heterocycles. The topological polar surface area (TPSA) is 38.8 Å². The first kappa shape index (κ1) is 18.5.